The number of likely N-dealkylation sites (tertiary alicyclic amines) is 1. The third-order valence-corrected chi connectivity index (χ3v) is 8.27. The minimum Gasteiger partial charge on any atom is -0.481 e. The molecular formula is C34H75N5O6S. The number of rotatable bonds is 16. The summed E-state index contributed by atoms with van der Waals surface area (Å²) in [4.78, 5) is 40.5. The van der Waals surface area contributed by atoms with Gasteiger partial charge in [0.2, 0.25) is 19.2 Å². The van der Waals surface area contributed by atoms with Crippen molar-refractivity contribution in [2.45, 2.75) is 146 Å². The average Bonchev–Trinajstić information content (AvgIpc) is 3.41. The number of carboxylic acid groups (broad SMARTS) is 1. The molecule has 11 nitrogen and oxygen atoms in total. The molecule has 0 aromatic rings. The zero-order valence-corrected chi connectivity index (χ0v) is 32.9. The number of carbonyl (C=O) groups excluding carboxylic acids is 3. The summed E-state index contributed by atoms with van der Waals surface area (Å²) in [6.07, 6.45) is 14.4. The van der Waals surface area contributed by atoms with Gasteiger partial charge in [0.25, 0.3) is 5.97 Å². The molecule has 0 aromatic carbocycles. The third-order valence-electron chi connectivity index (χ3n) is 7.25. The molecule has 46 heavy (non-hydrogen) atoms. The number of hydrogen-bond donors (Lipinski definition) is 4. The lowest BCUT2D eigenvalue weighted by Gasteiger charge is -2.32. The first kappa shape index (κ1) is 53.4. The van der Waals surface area contributed by atoms with Crippen LogP contribution in [-0.2, 0) is 30.2 Å². The Kier molecular flexibility index (Phi) is 43.5. The van der Waals surface area contributed by atoms with E-state index < -0.39 is 17.0 Å². The largest absolute Gasteiger partial charge is 0.481 e. The van der Waals surface area contributed by atoms with Crippen LogP contribution in [0.2, 0.25) is 0 Å². The molecule has 1 fully saturated rings. The Balaban J connectivity index is -0.000000160. The molecule has 1 rings (SSSR count). The second kappa shape index (κ2) is 37.4. The molecule has 0 radical (unpaired) electrons. The molecule has 0 spiro atoms. The number of unbranched alkanes of at least 4 members (excludes halogenated alkanes) is 4. The third kappa shape index (κ3) is 40.0. The molecule has 0 saturated carbocycles. The van der Waals surface area contributed by atoms with E-state index in [4.69, 9.17) is 9.90 Å². The Bertz CT molecular complexity index is 721. The highest BCUT2D eigenvalue weighted by atomic mass is 32.2. The Morgan fingerprint density at radius 2 is 1.59 bits per heavy atom. The van der Waals surface area contributed by atoms with E-state index >= 15 is 0 Å². The monoisotopic (exact) mass is 682 g/mol. The van der Waals surface area contributed by atoms with Crippen LogP contribution in [-0.4, -0.2) is 102 Å². The number of likely N-dealkylation sites (N-methyl/N-ethyl adjacent to an activating group) is 2. The minimum absolute atomic E-state index is 0.197. The smallest absolute Gasteiger partial charge is 0.300 e. The number of nitrogens with one attached hydrogen (secondary N) is 3. The van der Waals surface area contributed by atoms with Gasteiger partial charge in [-0.2, -0.15) is 0 Å². The highest BCUT2D eigenvalue weighted by Gasteiger charge is 2.24. The lowest BCUT2D eigenvalue weighted by atomic mass is 9.87. The van der Waals surface area contributed by atoms with Crippen molar-refractivity contribution < 1.29 is 28.5 Å². The Hall–Kier alpha value is -2.05. The zero-order valence-electron chi connectivity index (χ0n) is 32.1. The van der Waals surface area contributed by atoms with Crippen molar-refractivity contribution in [3.05, 3.63) is 0 Å². The summed E-state index contributed by atoms with van der Waals surface area (Å²) in [6.45, 7) is 24.6. The SMILES string of the molecule is CC.CC(=O)O.CCCCCCCC(C)C(C)NC=O.CCNC=O.CNC(CN(C)S(C)=O)C(C)(C)C.C[C@@H]1CCCN1C=O. The zero-order chi connectivity index (χ0) is 37.1. The number of carbonyl (C=O) groups is 4. The molecule has 1 saturated heterocycles. The van der Waals surface area contributed by atoms with Gasteiger partial charge < -0.3 is 26.0 Å². The number of amides is 3. The standard InChI is InChI=1S/C12H25NO.C9H22N2OS.C6H11NO.C3H7NO.C2H4O2.C2H6/c1-4-5-6-7-8-9-11(2)12(3)13-10-14;1-9(2,3)8(10-4)7-11(5)13(6)12;1-6-3-2-4-7(6)5-8;1-2-4-3-5;1-2(3)4;1-2/h10-12H,4-9H2,1-3H3,(H,13,14);8,10H,7H2,1-6H3;5-6H,2-4H2,1H3;3H,2H2,1H3,(H,4,5);1H3,(H,3,4);1-2H3/t;;6-;;;/m..1.../s1. The normalized spacial score (nSPS) is 15.8. The highest BCUT2D eigenvalue weighted by molar-refractivity contribution is 7.81. The molecule has 0 aliphatic carbocycles. The lowest BCUT2D eigenvalue weighted by Crippen LogP contribution is -2.46. The van der Waals surface area contributed by atoms with Crippen LogP contribution in [0.15, 0.2) is 0 Å². The fourth-order valence-electron chi connectivity index (χ4n) is 3.95. The van der Waals surface area contributed by atoms with Crippen LogP contribution in [0.5, 0.6) is 0 Å². The van der Waals surface area contributed by atoms with Gasteiger partial charge in [0.05, 0.1) is 11.0 Å². The first-order valence-electron chi connectivity index (χ1n) is 17.0. The van der Waals surface area contributed by atoms with Crippen molar-refractivity contribution in [1.82, 2.24) is 25.2 Å². The number of nitrogens with zero attached hydrogens (tertiary/aromatic N) is 2. The van der Waals surface area contributed by atoms with Gasteiger partial charge in [0.15, 0.2) is 0 Å². The van der Waals surface area contributed by atoms with Gasteiger partial charge in [0.1, 0.15) is 0 Å². The molecule has 278 valence electrons. The molecule has 1 aliphatic heterocycles. The number of carboxylic acids is 1. The van der Waals surface area contributed by atoms with Crippen molar-refractivity contribution in [2.75, 3.05) is 40.0 Å². The first-order chi connectivity index (χ1) is 21.5. The number of hydrogen-bond acceptors (Lipinski definition) is 6. The van der Waals surface area contributed by atoms with Gasteiger partial charge in [0, 0.05) is 50.9 Å². The van der Waals surface area contributed by atoms with E-state index in [-0.39, 0.29) is 5.41 Å². The van der Waals surface area contributed by atoms with Gasteiger partial charge in [-0.3, -0.25) is 19.2 Å². The van der Waals surface area contributed by atoms with Gasteiger partial charge in [-0.1, -0.05) is 80.6 Å². The van der Waals surface area contributed by atoms with Crippen molar-refractivity contribution in [2.24, 2.45) is 11.3 Å². The topological polar surface area (TPSA) is 148 Å². The molecule has 4 N–H and O–H groups in total. The van der Waals surface area contributed by atoms with Crippen LogP contribution < -0.4 is 16.0 Å². The average molecular weight is 682 g/mol. The van der Waals surface area contributed by atoms with Gasteiger partial charge >= 0.3 is 0 Å². The van der Waals surface area contributed by atoms with Crippen LogP contribution in [0.4, 0.5) is 0 Å². The van der Waals surface area contributed by atoms with Gasteiger partial charge in [-0.05, 0) is 65.5 Å². The highest BCUT2D eigenvalue weighted by Crippen LogP contribution is 2.19. The van der Waals surface area contributed by atoms with Crippen molar-refractivity contribution >= 4 is 36.2 Å². The van der Waals surface area contributed by atoms with E-state index in [2.05, 4.69) is 64.4 Å². The predicted octanol–water partition coefficient (Wildman–Crippen LogP) is 5.46. The first-order valence-corrected chi connectivity index (χ1v) is 18.5. The van der Waals surface area contributed by atoms with Crippen LogP contribution in [0, 0.1) is 11.3 Å². The van der Waals surface area contributed by atoms with E-state index in [1.165, 1.54) is 51.4 Å². The molecule has 12 heteroatoms. The van der Waals surface area contributed by atoms with Crippen LogP contribution in [0.3, 0.4) is 0 Å². The Morgan fingerprint density at radius 1 is 1.07 bits per heavy atom. The summed E-state index contributed by atoms with van der Waals surface area (Å²) in [5.41, 5.74) is 0.197. The molecular weight excluding hydrogens is 606 g/mol. The van der Waals surface area contributed by atoms with E-state index in [9.17, 15) is 18.6 Å². The molecule has 3 amide bonds. The summed E-state index contributed by atoms with van der Waals surface area (Å²) in [5, 5.41) is 15.9. The molecule has 4 unspecified atom stereocenters. The molecule has 1 heterocycles. The lowest BCUT2D eigenvalue weighted by molar-refractivity contribution is -0.134. The van der Waals surface area contributed by atoms with E-state index in [0.717, 1.165) is 39.4 Å². The Labute approximate surface area is 286 Å². The summed E-state index contributed by atoms with van der Waals surface area (Å²) < 4.78 is 13.0. The molecule has 0 bridgehead atoms. The summed E-state index contributed by atoms with van der Waals surface area (Å²) in [5.74, 6) is -0.234. The molecule has 0 aromatic heterocycles. The summed E-state index contributed by atoms with van der Waals surface area (Å²) >= 11 is 0. The summed E-state index contributed by atoms with van der Waals surface area (Å²) in [6, 6.07) is 1.17. The van der Waals surface area contributed by atoms with Crippen LogP contribution in [0.25, 0.3) is 0 Å². The quantitative estimate of drug-likeness (QED) is 0.125. The van der Waals surface area contributed by atoms with E-state index in [0.29, 0.717) is 30.5 Å². The van der Waals surface area contributed by atoms with Gasteiger partial charge in [-0.15, -0.1) is 0 Å². The fraction of sp³-hybridized carbons (Fsp3) is 0.882. The Morgan fingerprint density at radius 3 is 1.87 bits per heavy atom. The van der Waals surface area contributed by atoms with Crippen molar-refractivity contribution in [1.29, 1.82) is 0 Å². The second-order valence-corrected chi connectivity index (χ2v) is 13.7. The van der Waals surface area contributed by atoms with E-state index in [1.54, 1.807) is 6.26 Å². The van der Waals surface area contributed by atoms with Crippen molar-refractivity contribution in [3.8, 4) is 0 Å². The van der Waals surface area contributed by atoms with Crippen LogP contribution >= 0.6 is 0 Å². The van der Waals surface area contributed by atoms with Crippen molar-refractivity contribution in [3.63, 3.8) is 0 Å². The maximum Gasteiger partial charge on any atom is 0.300 e. The predicted molar refractivity (Wildman–Crippen MR) is 196 cm³/mol. The molecule has 1 aliphatic rings. The molecule has 5 atom stereocenters. The minimum atomic E-state index is -0.874. The van der Waals surface area contributed by atoms with Crippen LogP contribution in [0.1, 0.15) is 128 Å². The number of aliphatic carboxylic acids is 1. The second-order valence-electron chi connectivity index (χ2n) is 12.2. The maximum atomic E-state index is 11.1. The summed E-state index contributed by atoms with van der Waals surface area (Å²) in [7, 11) is 2.95. The van der Waals surface area contributed by atoms with Gasteiger partial charge in [-0.25, -0.2) is 8.51 Å². The maximum absolute atomic E-state index is 11.1. The fourth-order valence-corrected chi connectivity index (χ4v) is 4.31. The van der Waals surface area contributed by atoms with E-state index in [1.807, 2.05) is 44.1 Å².